The van der Waals surface area contributed by atoms with Crippen molar-refractivity contribution in [3.05, 3.63) is 59.0 Å². The fraction of sp³-hybridized carbons (Fsp3) is 0.300. The molecule has 11 heteroatoms. The molecule has 0 bridgehead atoms. The molecule has 0 spiro atoms. The van der Waals surface area contributed by atoms with Crippen LogP contribution < -0.4 is 0 Å². The van der Waals surface area contributed by atoms with Crippen LogP contribution in [-0.2, 0) is 21.4 Å². The monoisotopic (exact) mass is 466 g/mol. The van der Waals surface area contributed by atoms with Crippen LogP contribution in [0.25, 0.3) is 10.9 Å². The Hall–Kier alpha value is -2.53. The predicted octanol–water partition coefficient (Wildman–Crippen LogP) is 2.58. The molecule has 2 heterocycles. The first kappa shape index (κ1) is 21.7. The third kappa shape index (κ3) is 4.29. The number of fused-ring (bicyclic) bond motifs is 1. The normalized spacial score (nSPS) is 16.0. The summed E-state index contributed by atoms with van der Waals surface area (Å²) in [4.78, 5) is 13.8. The number of nitrogens with zero attached hydrogens (tertiary/aromatic N) is 4. The van der Waals surface area contributed by atoms with Crippen molar-refractivity contribution in [2.75, 3.05) is 33.3 Å². The Morgan fingerprint density at radius 1 is 1.16 bits per heavy atom. The van der Waals surface area contributed by atoms with Crippen molar-refractivity contribution in [2.24, 2.45) is 0 Å². The van der Waals surface area contributed by atoms with Crippen LogP contribution in [0, 0.1) is 5.82 Å². The molecule has 0 unspecified atom stereocenters. The van der Waals surface area contributed by atoms with E-state index in [9.17, 15) is 17.6 Å². The van der Waals surface area contributed by atoms with Crippen LogP contribution in [-0.4, -0.2) is 66.7 Å². The number of benzene rings is 2. The van der Waals surface area contributed by atoms with Gasteiger partial charge in [-0.25, -0.2) is 17.6 Å². The lowest BCUT2D eigenvalue weighted by Gasteiger charge is -2.33. The number of rotatable bonds is 5. The van der Waals surface area contributed by atoms with Gasteiger partial charge in [0.2, 0.25) is 10.0 Å². The Morgan fingerprint density at radius 2 is 1.90 bits per heavy atom. The maximum absolute atomic E-state index is 13.4. The number of halogens is 2. The number of methoxy groups -OCH3 is 1. The highest BCUT2D eigenvalue weighted by atomic mass is 35.5. The molecule has 8 nitrogen and oxygen atoms in total. The van der Waals surface area contributed by atoms with Gasteiger partial charge in [-0.05, 0) is 36.4 Å². The van der Waals surface area contributed by atoms with Crippen LogP contribution >= 0.6 is 11.6 Å². The molecular weight excluding hydrogens is 447 g/mol. The van der Waals surface area contributed by atoms with Crippen LogP contribution in [0.5, 0.6) is 0 Å². The quantitative estimate of drug-likeness (QED) is 0.537. The van der Waals surface area contributed by atoms with Gasteiger partial charge in [0.15, 0.2) is 0 Å². The van der Waals surface area contributed by atoms with Crippen LogP contribution in [0.1, 0.15) is 10.4 Å². The molecule has 0 aliphatic carbocycles. The van der Waals surface area contributed by atoms with Crippen molar-refractivity contribution in [2.45, 2.75) is 11.6 Å². The van der Waals surface area contributed by atoms with Crippen LogP contribution in [0.4, 0.5) is 4.39 Å². The first-order chi connectivity index (χ1) is 14.8. The second-order valence-corrected chi connectivity index (χ2v) is 9.49. The molecule has 0 radical (unpaired) electrons. The van der Waals surface area contributed by atoms with Crippen molar-refractivity contribution in [1.82, 2.24) is 19.0 Å². The molecular formula is C20H20ClFN4O4S. The maximum Gasteiger partial charge on any atom is 0.337 e. The lowest BCUT2D eigenvalue weighted by Crippen LogP contribution is -2.48. The molecule has 31 heavy (non-hydrogen) atoms. The Kier molecular flexibility index (Phi) is 5.98. The highest BCUT2D eigenvalue weighted by molar-refractivity contribution is 7.89. The molecule has 0 N–H and O–H groups in total. The molecule has 3 aromatic rings. The van der Waals surface area contributed by atoms with E-state index in [1.807, 2.05) is 6.07 Å². The van der Waals surface area contributed by atoms with E-state index in [4.69, 9.17) is 16.3 Å². The topological polar surface area (TPSA) is 84.7 Å². The summed E-state index contributed by atoms with van der Waals surface area (Å²) in [7, 11) is -2.41. The number of carbonyl (C=O) groups excluding carboxylic acids is 1. The van der Waals surface area contributed by atoms with Crippen molar-refractivity contribution in [3.63, 3.8) is 0 Å². The molecule has 1 saturated heterocycles. The van der Waals surface area contributed by atoms with E-state index in [2.05, 4.69) is 10.00 Å². The zero-order valence-electron chi connectivity index (χ0n) is 16.7. The fourth-order valence-corrected chi connectivity index (χ4v) is 5.23. The number of ether oxygens (including phenoxy) is 1. The van der Waals surface area contributed by atoms with Gasteiger partial charge in [0.05, 0.1) is 41.0 Å². The van der Waals surface area contributed by atoms with E-state index < -0.39 is 21.8 Å². The molecule has 2 aromatic carbocycles. The minimum atomic E-state index is -3.75. The highest BCUT2D eigenvalue weighted by Gasteiger charge is 2.29. The molecule has 1 aromatic heterocycles. The lowest BCUT2D eigenvalue weighted by molar-refractivity contribution is 0.0601. The van der Waals surface area contributed by atoms with Crippen molar-refractivity contribution >= 4 is 38.5 Å². The summed E-state index contributed by atoms with van der Waals surface area (Å²) in [5.74, 6) is -1.06. The first-order valence-electron chi connectivity index (χ1n) is 9.51. The van der Waals surface area contributed by atoms with E-state index in [1.54, 1.807) is 23.0 Å². The highest BCUT2D eigenvalue weighted by Crippen LogP contribution is 2.23. The third-order valence-electron chi connectivity index (χ3n) is 5.26. The van der Waals surface area contributed by atoms with E-state index in [0.29, 0.717) is 38.4 Å². The number of piperazine rings is 1. The van der Waals surface area contributed by atoms with Crippen LogP contribution in [0.15, 0.2) is 47.5 Å². The Labute approximate surface area is 183 Å². The zero-order chi connectivity index (χ0) is 22.2. The van der Waals surface area contributed by atoms with Gasteiger partial charge in [-0.2, -0.15) is 9.40 Å². The van der Waals surface area contributed by atoms with Crippen LogP contribution in [0.2, 0.25) is 5.02 Å². The third-order valence-corrected chi connectivity index (χ3v) is 7.44. The van der Waals surface area contributed by atoms with Crippen LogP contribution in [0.3, 0.4) is 0 Å². The van der Waals surface area contributed by atoms with Gasteiger partial charge in [0.25, 0.3) is 0 Å². The second-order valence-electron chi connectivity index (χ2n) is 7.15. The summed E-state index contributed by atoms with van der Waals surface area (Å²) < 4.78 is 47.0. The van der Waals surface area contributed by atoms with Gasteiger partial charge in [-0.15, -0.1) is 0 Å². The summed E-state index contributed by atoms with van der Waals surface area (Å²) in [5, 5.41) is 4.99. The Bertz CT molecular complexity index is 1240. The van der Waals surface area contributed by atoms with Crippen molar-refractivity contribution < 1.29 is 22.3 Å². The Morgan fingerprint density at radius 3 is 2.58 bits per heavy atom. The largest absolute Gasteiger partial charge is 0.465 e. The summed E-state index contributed by atoms with van der Waals surface area (Å²) in [6.45, 7) is 2.09. The van der Waals surface area contributed by atoms with Gasteiger partial charge in [-0.3, -0.25) is 9.58 Å². The summed E-state index contributed by atoms with van der Waals surface area (Å²) in [6, 6.07) is 8.64. The average molecular weight is 467 g/mol. The fourth-order valence-electron chi connectivity index (χ4n) is 3.53. The molecule has 4 rings (SSSR count). The van der Waals surface area contributed by atoms with Crippen molar-refractivity contribution in [1.29, 1.82) is 0 Å². The number of hydrogen-bond donors (Lipinski definition) is 0. The molecule has 1 aliphatic rings. The van der Waals surface area contributed by atoms with Gasteiger partial charge < -0.3 is 4.74 Å². The van der Waals surface area contributed by atoms with Gasteiger partial charge in [-0.1, -0.05) is 11.6 Å². The number of carbonyl (C=O) groups is 1. The molecule has 1 fully saturated rings. The van der Waals surface area contributed by atoms with Gasteiger partial charge in [0.1, 0.15) is 5.82 Å². The summed E-state index contributed by atoms with van der Waals surface area (Å²) in [6.07, 6.45) is 1.68. The summed E-state index contributed by atoms with van der Waals surface area (Å²) in [5.41, 5.74) is 1.32. The number of sulfonamides is 1. The molecule has 0 saturated carbocycles. The van der Waals surface area contributed by atoms with E-state index in [0.717, 1.165) is 23.0 Å². The van der Waals surface area contributed by atoms with Crippen molar-refractivity contribution in [3.8, 4) is 0 Å². The standard InChI is InChI=1S/C20H20ClFN4O4S/c1-30-20(27)14-2-5-19-15(10-14)12-23-26(19)13-24-6-8-25(9-7-24)31(28,29)16-3-4-18(22)17(21)11-16/h2-5,10-12H,6-9,13H2,1H3. The predicted molar refractivity (Wildman–Crippen MR) is 113 cm³/mol. The average Bonchev–Trinajstić information content (AvgIpc) is 3.17. The minimum Gasteiger partial charge on any atom is -0.465 e. The SMILES string of the molecule is COC(=O)c1ccc2c(cnn2CN2CCN(S(=O)(=O)c3ccc(F)c(Cl)c3)CC2)c1. The molecule has 0 atom stereocenters. The van der Waals surface area contributed by atoms with Gasteiger partial charge >= 0.3 is 5.97 Å². The first-order valence-corrected chi connectivity index (χ1v) is 11.3. The lowest BCUT2D eigenvalue weighted by atomic mass is 10.1. The number of aromatic nitrogens is 2. The van der Waals surface area contributed by atoms with E-state index in [1.165, 1.54) is 17.5 Å². The van der Waals surface area contributed by atoms with Gasteiger partial charge in [0, 0.05) is 31.6 Å². The Balaban J connectivity index is 1.43. The minimum absolute atomic E-state index is 0.0215. The number of hydrogen-bond acceptors (Lipinski definition) is 6. The smallest absolute Gasteiger partial charge is 0.337 e. The zero-order valence-corrected chi connectivity index (χ0v) is 18.2. The van der Waals surface area contributed by atoms with E-state index in [-0.39, 0.29) is 9.92 Å². The number of esters is 1. The van der Waals surface area contributed by atoms with E-state index >= 15 is 0 Å². The molecule has 1 aliphatic heterocycles. The molecule has 0 amide bonds. The summed E-state index contributed by atoms with van der Waals surface area (Å²) >= 11 is 5.74. The maximum atomic E-state index is 13.4. The second kappa shape index (κ2) is 8.54. The molecule has 164 valence electrons.